The fourth-order valence-electron chi connectivity index (χ4n) is 18.3. The van der Waals surface area contributed by atoms with Gasteiger partial charge in [-0.25, -0.2) is 34.9 Å². The number of hydrogen-bond acceptors (Lipinski definition) is 10. The van der Waals surface area contributed by atoms with E-state index < -0.39 is 0 Å². The Bertz CT molecular complexity index is 7020. The van der Waals surface area contributed by atoms with Gasteiger partial charge in [0.2, 0.25) is 56.1 Å². The summed E-state index contributed by atoms with van der Waals surface area (Å²) in [7, 11) is 10.7. The molecule has 0 N–H and O–H groups in total. The number of aromatic nitrogens is 15. The highest BCUT2D eigenvalue weighted by atomic mass is 15.0. The van der Waals surface area contributed by atoms with Crippen molar-refractivity contribution in [1.82, 2.24) is 49.8 Å². The van der Waals surface area contributed by atoms with Crippen molar-refractivity contribution in [2.75, 3.05) is 0 Å². The van der Waals surface area contributed by atoms with Gasteiger partial charge in [-0.3, -0.25) is 15.0 Å². The van der Waals surface area contributed by atoms with Crippen LogP contribution in [0.3, 0.4) is 0 Å². The van der Waals surface area contributed by atoms with Crippen molar-refractivity contribution >= 4 is 54.5 Å². The lowest BCUT2D eigenvalue weighted by Crippen LogP contribution is -2.32. The number of hydrogen-bond donors (Lipinski definition) is 0. The second kappa shape index (κ2) is 38.3. The monoisotopic (exact) mass is 1710 g/mol. The lowest BCUT2D eigenvalue weighted by atomic mass is 9.94. The lowest BCUT2D eigenvalue weighted by molar-refractivity contribution is -0.633. The molecule has 0 bridgehead atoms. The summed E-state index contributed by atoms with van der Waals surface area (Å²) in [5, 5.41) is 5.89. The molecule has 10 heterocycles. The van der Waals surface area contributed by atoms with Crippen molar-refractivity contribution in [2.45, 2.75) is 111 Å². The Morgan fingerprint density at radius 3 is 0.794 bits per heavy atom. The number of benzene rings is 10. The molecule has 15 heteroatoms. The van der Waals surface area contributed by atoms with E-state index >= 15 is 0 Å². The highest BCUT2D eigenvalue weighted by molar-refractivity contribution is 5.98. The SMILES string of the molecule is Cc1cc(C)c(C)c(-c2cc(-c3ccncn3)c3ccccc3[n+]2C)c1.Cc1cc(C)c(C)c(-c2cc(-c3cnccn3)c3ccccc3[n+]2C)c1.Cc1cc(C)c(C)c(-c2cc(-c3ncccn3)c3ccccc3[n+]2C)c1.Cc1cc(C)c(C)c(-c2cc(-c3ncncn3)c3ccccc3[n+]2C)c1.Cc1ccc(-c2cc(-c3cc(C)cc(C)c3C)[n+](C)c3ccccc23)nc1. The van der Waals surface area contributed by atoms with Crippen LogP contribution in [0, 0.1) is 111 Å². The standard InChI is InChI=1S/C25H25N2.3C23H22N3.C22H21N4/c1-16-10-11-23(26-15-16)22-14-25(21-13-17(2)12-18(3)19(21)4)27(5)24-9-7-6-8-20(22)24;1-15-12-16(2)17(3)19(13-15)22-14-20(23-24-10-7-11-25-23)18-8-5-6-9-21(18)26(22)4;1-15-11-16(2)17(3)19(12-15)23-13-20(21-14-24-9-10-25-21)18-7-5-6-8-22(18)26(23)4;1-15-11-16(2)17(3)19(12-15)23-13-20(21-9-10-24-14-25-21)18-7-5-6-8-22(18)26(23)4;1-14-9-15(2)16(3)18(10-14)21-11-19(22-24-12-23-13-25-22)17-7-5-6-8-20(17)26(21)4/h6-15H,1-5H3;3*5-14H,1-4H3;5-13H,1-4H3/q5*+1. The van der Waals surface area contributed by atoms with Gasteiger partial charge < -0.3 is 0 Å². The molecule has 0 aliphatic heterocycles. The molecule has 0 saturated heterocycles. The van der Waals surface area contributed by atoms with Gasteiger partial charge in [0.1, 0.15) is 54.2 Å². The molecule has 0 saturated carbocycles. The maximum absolute atomic E-state index is 4.71. The Labute approximate surface area is 769 Å². The number of aryl methyl sites for hydroxylation is 16. The van der Waals surface area contributed by atoms with Crippen LogP contribution >= 0.6 is 0 Å². The fourth-order valence-corrected chi connectivity index (χ4v) is 18.3. The van der Waals surface area contributed by atoms with E-state index in [4.69, 9.17) is 4.98 Å². The van der Waals surface area contributed by atoms with E-state index in [0.29, 0.717) is 5.82 Å². The van der Waals surface area contributed by atoms with Crippen LogP contribution in [-0.2, 0) is 35.2 Å². The maximum atomic E-state index is 4.71. The first kappa shape index (κ1) is 89.1. The van der Waals surface area contributed by atoms with Crippen LogP contribution < -0.4 is 22.8 Å². The molecule has 0 amide bonds. The van der Waals surface area contributed by atoms with Crippen LogP contribution in [0.1, 0.15) is 89.0 Å². The molecule has 0 unspecified atom stereocenters. The average Bonchev–Trinajstić information content (AvgIpc) is 0.775. The van der Waals surface area contributed by atoms with Crippen LogP contribution in [0.5, 0.6) is 0 Å². The first-order valence-corrected chi connectivity index (χ1v) is 44.6. The second-order valence-electron chi connectivity index (χ2n) is 34.8. The molecule has 15 nitrogen and oxygen atoms in total. The Morgan fingerprint density at radius 1 is 0.191 bits per heavy atom. The number of nitrogens with zero attached hydrogens (tertiary/aromatic N) is 15. The first-order chi connectivity index (χ1) is 63.2. The van der Waals surface area contributed by atoms with Crippen LogP contribution in [0.15, 0.2) is 299 Å². The van der Waals surface area contributed by atoms with Crippen LogP contribution in [0.4, 0.5) is 0 Å². The lowest BCUT2D eigenvalue weighted by Gasteiger charge is -2.13. The normalized spacial score (nSPS) is 11.1. The zero-order valence-electron chi connectivity index (χ0n) is 79.0. The highest BCUT2D eigenvalue weighted by Crippen LogP contribution is 2.40. The van der Waals surface area contributed by atoms with Crippen molar-refractivity contribution in [3.8, 4) is 113 Å². The number of rotatable bonds is 10. The molecular weight excluding hydrogens is 1600 g/mol. The Morgan fingerprint density at radius 2 is 0.489 bits per heavy atom. The van der Waals surface area contributed by atoms with Crippen molar-refractivity contribution in [3.63, 3.8) is 0 Å². The molecule has 20 rings (SSSR count). The Balaban J connectivity index is 0.000000120. The summed E-state index contributed by atoms with van der Waals surface area (Å²) in [5.41, 5.74) is 47.2. The largest absolute Gasteiger partial charge is 0.261 e. The summed E-state index contributed by atoms with van der Waals surface area (Å²) in [6.07, 6.45) is 17.3. The number of fused-ring (bicyclic) bond motifs is 5. The predicted octanol–water partition coefficient (Wildman–Crippen LogP) is 23.9. The quantitative estimate of drug-likeness (QED) is 0.121. The predicted molar refractivity (Wildman–Crippen MR) is 534 cm³/mol. The first-order valence-electron chi connectivity index (χ1n) is 44.6. The van der Waals surface area contributed by atoms with E-state index in [-0.39, 0.29) is 0 Å². The molecule has 0 radical (unpaired) electrons. The minimum atomic E-state index is 0.695. The molecule has 0 aliphatic carbocycles. The van der Waals surface area contributed by atoms with Crippen molar-refractivity contribution in [2.24, 2.45) is 35.2 Å². The summed E-state index contributed by atoms with van der Waals surface area (Å²) >= 11 is 0. The topological polar surface area (TPSA) is 148 Å². The zero-order chi connectivity index (χ0) is 92.2. The molecule has 0 aliphatic rings. The van der Waals surface area contributed by atoms with E-state index in [2.05, 4.69) is 438 Å². The van der Waals surface area contributed by atoms with Crippen LogP contribution in [0.25, 0.3) is 167 Å². The van der Waals surface area contributed by atoms with Crippen molar-refractivity contribution < 1.29 is 22.8 Å². The summed E-state index contributed by atoms with van der Waals surface area (Å²) in [5.74, 6) is 1.45. The Kier molecular flexibility index (Phi) is 26.0. The third-order valence-corrected chi connectivity index (χ3v) is 25.9. The average molecular weight is 1720 g/mol. The van der Waals surface area contributed by atoms with E-state index in [1.165, 1.54) is 183 Å². The zero-order valence-corrected chi connectivity index (χ0v) is 79.0. The Hall–Kier alpha value is -15.4. The van der Waals surface area contributed by atoms with Gasteiger partial charge in [0, 0.05) is 153 Å². The van der Waals surface area contributed by atoms with Gasteiger partial charge in [-0.15, -0.1) is 0 Å². The molecule has 0 fully saturated rings. The summed E-state index contributed by atoms with van der Waals surface area (Å²) < 4.78 is 11.4. The van der Waals surface area contributed by atoms with Crippen molar-refractivity contribution in [1.29, 1.82) is 0 Å². The fraction of sp³-hybridized carbons (Fsp3) is 0.181. The smallest absolute Gasteiger partial charge is 0.213 e. The number of para-hydroxylation sites is 5. The summed E-state index contributed by atoms with van der Waals surface area (Å²) in [6, 6.07) is 84.2. The van der Waals surface area contributed by atoms with E-state index in [0.717, 1.165) is 67.1 Å². The molecule has 10 aromatic carbocycles. The molecule has 646 valence electrons. The van der Waals surface area contributed by atoms with Gasteiger partial charge in [-0.2, -0.15) is 22.8 Å². The van der Waals surface area contributed by atoms with Crippen LogP contribution in [-0.4, -0.2) is 49.8 Å². The summed E-state index contributed by atoms with van der Waals surface area (Å²) in [4.78, 5) is 43.8. The third-order valence-electron chi connectivity index (χ3n) is 25.9. The van der Waals surface area contributed by atoms with E-state index in [1.54, 1.807) is 50.0 Å². The molecule has 0 atom stereocenters. The van der Waals surface area contributed by atoms with Gasteiger partial charge in [0.25, 0.3) is 0 Å². The van der Waals surface area contributed by atoms with Gasteiger partial charge in [-0.1, -0.05) is 125 Å². The number of pyridine rings is 6. The molecule has 131 heavy (non-hydrogen) atoms. The van der Waals surface area contributed by atoms with Gasteiger partial charge in [-0.05, 0) is 251 Å². The van der Waals surface area contributed by atoms with E-state index in [1.807, 2.05) is 24.5 Å². The van der Waals surface area contributed by atoms with Crippen molar-refractivity contribution in [3.05, 3.63) is 388 Å². The highest BCUT2D eigenvalue weighted by Gasteiger charge is 2.29. The van der Waals surface area contributed by atoms with Gasteiger partial charge in [0.15, 0.2) is 11.6 Å². The maximum Gasteiger partial charge on any atom is 0.213 e. The van der Waals surface area contributed by atoms with E-state index in [9.17, 15) is 0 Å². The van der Waals surface area contributed by atoms with Gasteiger partial charge in [0.05, 0.1) is 50.2 Å². The van der Waals surface area contributed by atoms with Gasteiger partial charge >= 0.3 is 0 Å². The minimum Gasteiger partial charge on any atom is -0.261 e. The molecular formula is C116H112N15+5. The third kappa shape index (κ3) is 18.3. The summed E-state index contributed by atoms with van der Waals surface area (Å²) in [6.45, 7) is 34.7. The molecule has 20 aromatic rings. The molecule has 10 aromatic heterocycles. The molecule has 0 spiro atoms. The minimum absolute atomic E-state index is 0.695. The second-order valence-corrected chi connectivity index (χ2v) is 34.8. The van der Waals surface area contributed by atoms with Crippen LogP contribution in [0.2, 0.25) is 0 Å².